The van der Waals surface area contributed by atoms with E-state index in [0.29, 0.717) is 0 Å². The number of guanidine groups is 1. The second-order valence-corrected chi connectivity index (χ2v) is 2.81. The largest absolute Gasteiger partial charge is 0.370 e. The Labute approximate surface area is 67.8 Å². The Hall–Kier alpha value is -0.770. The first-order valence-corrected chi connectivity index (χ1v) is 3.96. The van der Waals surface area contributed by atoms with Crippen LogP contribution in [0.4, 0.5) is 0 Å². The molecule has 0 aliphatic heterocycles. The van der Waals surface area contributed by atoms with Gasteiger partial charge in [-0.25, -0.2) is 0 Å². The van der Waals surface area contributed by atoms with Gasteiger partial charge in [-0.2, -0.15) is 0 Å². The lowest BCUT2D eigenvalue weighted by atomic mass is 10.1. The molecule has 0 aliphatic rings. The molecule has 0 aromatic carbocycles. The number of hydrogen-bond donors (Lipinski definition) is 4. The number of nitrogens with one attached hydrogen (secondary N) is 2. The Morgan fingerprint density at radius 2 is 2.18 bits per heavy atom. The zero-order valence-electron chi connectivity index (χ0n) is 7.06. The normalized spacial score (nSPS) is 12.5. The third-order valence-corrected chi connectivity index (χ3v) is 1.40. The maximum atomic E-state index is 6.86. The molecule has 0 aromatic rings. The maximum Gasteiger partial charge on any atom is 0.185 e. The molecule has 4 heteroatoms. The molecule has 66 valence electrons. The zero-order chi connectivity index (χ0) is 8.69. The van der Waals surface area contributed by atoms with Gasteiger partial charge in [0.15, 0.2) is 5.96 Å². The molecule has 11 heavy (non-hydrogen) atoms. The molecule has 1 atom stereocenters. The lowest BCUT2D eigenvalue weighted by molar-refractivity contribution is 0.591. The van der Waals surface area contributed by atoms with E-state index in [2.05, 4.69) is 5.32 Å². The van der Waals surface area contributed by atoms with Gasteiger partial charge in [-0.1, -0.05) is 6.42 Å². The molecule has 0 spiro atoms. The van der Waals surface area contributed by atoms with Crippen molar-refractivity contribution in [3.8, 4) is 0 Å². The van der Waals surface area contributed by atoms with Gasteiger partial charge in [0.1, 0.15) is 0 Å². The van der Waals surface area contributed by atoms with Crippen LogP contribution in [0.25, 0.3) is 0 Å². The minimum atomic E-state index is 0.0470. The van der Waals surface area contributed by atoms with E-state index in [9.17, 15) is 0 Å². The number of unbranched alkanes of at least 4 members (excludes halogenated alkanes) is 1. The fourth-order valence-electron chi connectivity index (χ4n) is 0.814. The van der Waals surface area contributed by atoms with Crippen molar-refractivity contribution >= 4 is 5.96 Å². The molecule has 0 aliphatic carbocycles. The van der Waals surface area contributed by atoms with Gasteiger partial charge in [-0.05, 0) is 19.8 Å². The standard InChI is InChI=1S/C7H18N4/c1-6(8)4-2-3-5-11-7(9)10/h6H,2-5,8H2,1H3,(H4,9,10,11). The molecule has 6 N–H and O–H groups in total. The highest BCUT2D eigenvalue weighted by Gasteiger charge is 1.93. The summed E-state index contributed by atoms with van der Waals surface area (Å²) in [4.78, 5) is 0. The Morgan fingerprint density at radius 3 is 2.64 bits per heavy atom. The second-order valence-electron chi connectivity index (χ2n) is 2.81. The van der Waals surface area contributed by atoms with Crippen LogP contribution in [0.2, 0.25) is 0 Å². The Morgan fingerprint density at radius 1 is 1.55 bits per heavy atom. The molecule has 0 saturated heterocycles. The first-order valence-electron chi connectivity index (χ1n) is 3.96. The van der Waals surface area contributed by atoms with E-state index in [-0.39, 0.29) is 12.0 Å². The van der Waals surface area contributed by atoms with E-state index < -0.39 is 0 Å². The van der Waals surface area contributed by atoms with E-state index in [1.165, 1.54) is 0 Å². The highest BCUT2D eigenvalue weighted by atomic mass is 15.0. The van der Waals surface area contributed by atoms with Gasteiger partial charge in [-0.15, -0.1) is 0 Å². The predicted octanol–water partition coefficient (Wildman–Crippen LogP) is -0.0130. The fraction of sp³-hybridized carbons (Fsp3) is 0.857. The average Bonchev–Trinajstić information content (AvgIpc) is 1.85. The summed E-state index contributed by atoms with van der Waals surface area (Å²) in [5.74, 6) is 0.0470. The van der Waals surface area contributed by atoms with Crippen LogP contribution in [-0.2, 0) is 0 Å². The van der Waals surface area contributed by atoms with Crippen LogP contribution in [0, 0.1) is 5.41 Å². The van der Waals surface area contributed by atoms with Crippen LogP contribution in [0.1, 0.15) is 26.2 Å². The lowest BCUT2D eigenvalue weighted by Crippen LogP contribution is -2.31. The quantitative estimate of drug-likeness (QED) is 0.258. The summed E-state index contributed by atoms with van der Waals surface area (Å²) in [7, 11) is 0. The van der Waals surface area contributed by atoms with Crippen molar-refractivity contribution in [2.75, 3.05) is 6.54 Å². The first kappa shape index (κ1) is 10.2. The zero-order valence-corrected chi connectivity index (χ0v) is 7.06. The Balaban J connectivity index is 2.97. The van der Waals surface area contributed by atoms with Gasteiger partial charge in [0.2, 0.25) is 0 Å². The smallest absolute Gasteiger partial charge is 0.185 e. The summed E-state index contributed by atoms with van der Waals surface area (Å²) in [6, 6.07) is 0.285. The predicted molar refractivity (Wildman–Crippen MR) is 47.4 cm³/mol. The monoisotopic (exact) mass is 158 g/mol. The average molecular weight is 158 g/mol. The number of nitrogens with two attached hydrogens (primary N) is 2. The molecule has 0 radical (unpaired) electrons. The molecule has 0 fully saturated rings. The van der Waals surface area contributed by atoms with Gasteiger partial charge in [-0.3, -0.25) is 5.41 Å². The van der Waals surface area contributed by atoms with Crippen LogP contribution in [0.3, 0.4) is 0 Å². The van der Waals surface area contributed by atoms with Gasteiger partial charge in [0, 0.05) is 12.6 Å². The van der Waals surface area contributed by atoms with Gasteiger partial charge < -0.3 is 16.8 Å². The molecule has 0 saturated carbocycles. The third-order valence-electron chi connectivity index (χ3n) is 1.40. The summed E-state index contributed by atoms with van der Waals surface area (Å²) < 4.78 is 0. The van der Waals surface area contributed by atoms with Crippen molar-refractivity contribution in [3.63, 3.8) is 0 Å². The van der Waals surface area contributed by atoms with Crippen LogP contribution in [0.5, 0.6) is 0 Å². The van der Waals surface area contributed by atoms with Gasteiger partial charge in [0.25, 0.3) is 0 Å². The summed E-state index contributed by atoms with van der Waals surface area (Å²) in [6.45, 7) is 2.78. The summed E-state index contributed by atoms with van der Waals surface area (Å²) in [6.07, 6.45) is 3.17. The molecule has 0 amide bonds. The number of hydrogen-bond acceptors (Lipinski definition) is 2. The van der Waals surface area contributed by atoms with Crippen LogP contribution >= 0.6 is 0 Å². The van der Waals surface area contributed by atoms with Crippen molar-refractivity contribution in [2.24, 2.45) is 11.5 Å². The van der Waals surface area contributed by atoms with Crippen molar-refractivity contribution in [2.45, 2.75) is 32.2 Å². The molecule has 0 rings (SSSR count). The molecule has 0 aromatic heterocycles. The van der Waals surface area contributed by atoms with Crippen molar-refractivity contribution < 1.29 is 0 Å². The molecule has 0 bridgehead atoms. The maximum absolute atomic E-state index is 6.86. The third kappa shape index (κ3) is 9.23. The van der Waals surface area contributed by atoms with Crippen molar-refractivity contribution in [1.82, 2.24) is 5.32 Å². The fourth-order valence-corrected chi connectivity index (χ4v) is 0.814. The van der Waals surface area contributed by atoms with Crippen molar-refractivity contribution in [3.05, 3.63) is 0 Å². The minimum Gasteiger partial charge on any atom is -0.370 e. The summed E-state index contributed by atoms with van der Waals surface area (Å²) >= 11 is 0. The van der Waals surface area contributed by atoms with Crippen LogP contribution in [-0.4, -0.2) is 18.5 Å². The highest BCUT2D eigenvalue weighted by Crippen LogP contribution is 1.96. The summed E-state index contributed by atoms with van der Waals surface area (Å²) in [5, 5.41) is 9.60. The highest BCUT2D eigenvalue weighted by molar-refractivity contribution is 5.74. The van der Waals surface area contributed by atoms with E-state index >= 15 is 0 Å². The van der Waals surface area contributed by atoms with E-state index in [0.717, 1.165) is 25.8 Å². The molecular formula is C7H18N4. The Kier molecular flexibility index (Phi) is 5.56. The minimum absolute atomic E-state index is 0.0470. The SMILES string of the molecule is CC(N)CCCCNC(=N)N. The first-order chi connectivity index (χ1) is 5.13. The van der Waals surface area contributed by atoms with E-state index in [4.69, 9.17) is 16.9 Å². The molecule has 1 unspecified atom stereocenters. The molecular weight excluding hydrogens is 140 g/mol. The number of rotatable bonds is 5. The topological polar surface area (TPSA) is 87.9 Å². The van der Waals surface area contributed by atoms with Crippen LogP contribution in [0.15, 0.2) is 0 Å². The van der Waals surface area contributed by atoms with Gasteiger partial charge >= 0.3 is 0 Å². The lowest BCUT2D eigenvalue weighted by Gasteiger charge is -2.05. The van der Waals surface area contributed by atoms with Crippen molar-refractivity contribution in [1.29, 1.82) is 5.41 Å². The second kappa shape index (κ2) is 5.97. The Bertz CT molecular complexity index is 111. The summed E-state index contributed by atoms with van der Waals surface area (Å²) in [5.41, 5.74) is 10.6. The van der Waals surface area contributed by atoms with E-state index in [1.54, 1.807) is 0 Å². The van der Waals surface area contributed by atoms with Gasteiger partial charge in [0.05, 0.1) is 0 Å². The van der Waals surface area contributed by atoms with Crippen LogP contribution < -0.4 is 16.8 Å². The van der Waals surface area contributed by atoms with E-state index in [1.807, 2.05) is 6.92 Å². The molecule has 0 heterocycles. The molecule has 4 nitrogen and oxygen atoms in total.